The van der Waals surface area contributed by atoms with Gasteiger partial charge in [-0.2, -0.15) is 0 Å². The molecule has 0 rings (SSSR count). The van der Waals surface area contributed by atoms with Crippen molar-refractivity contribution in [3.63, 3.8) is 0 Å². The fourth-order valence-electron chi connectivity index (χ4n) is 5.60. The molecule has 0 fully saturated rings. The van der Waals surface area contributed by atoms with E-state index in [1.165, 1.54) is 0 Å². The minimum atomic E-state index is -3.43. The largest absolute Gasteiger partial charge is 0.493 e. The Morgan fingerprint density at radius 1 is 0.341 bits per heavy atom. The lowest BCUT2D eigenvalue weighted by molar-refractivity contribution is 0.0383. The Morgan fingerprint density at radius 2 is 0.568 bits per heavy atom. The Labute approximate surface area is 276 Å². The Balaban J connectivity index is 6.71. The molecular formula is C31H73N3O7Si3. The second-order valence-corrected chi connectivity index (χ2v) is 19.5. The van der Waals surface area contributed by atoms with E-state index in [9.17, 15) is 0 Å². The van der Waals surface area contributed by atoms with Gasteiger partial charge in [-0.25, -0.2) is 0 Å². The normalized spacial score (nSPS) is 13.2. The summed E-state index contributed by atoms with van der Waals surface area (Å²) in [5, 5.41) is 0. The zero-order valence-electron chi connectivity index (χ0n) is 30.8. The van der Waals surface area contributed by atoms with E-state index in [0.29, 0.717) is 51.2 Å². The van der Waals surface area contributed by atoms with Crippen LogP contribution < -0.4 is 0 Å². The summed E-state index contributed by atoms with van der Waals surface area (Å²) in [6.07, 6.45) is 2.74. The smallest absolute Gasteiger partial charge is 0.375 e. The lowest BCUT2D eigenvalue weighted by Crippen LogP contribution is -2.64. The van der Waals surface area contributed by atoms with Crippen molar-refractivity contribution < 1.29 is 30.4 Å². The molecule has 0 spiro atoms. The molecule has 0 atom stereocenters. The second kappa shape index (κ2) is 26.2. The summed E-state index contributed by atoms with van der Waals surface area (Å²) in [5.41, 5.74) is 0. The topological polar surface area (TPSA) is 74.3 Å². The molecule has 0 aliphatic rings. The van der Waals surface area contributed by atoms with Crippen LogP contribution >= 0.6 is 0 Å². The minimum absolute atomic E-state index is 0.474. The van der Waals surface area contributed by atoms with Gasteiger partial charge in [0.1, 0.15) is 0 Å². The van der Waals surface area contributed by atoms with Gasteiger partial charge in [-0.05, 0) is 113 Å². The summed E-state index contributed by atoms with van der Waals surface area (Å²) in [6, 6.07) is 2.09. The van der Waals surface area contributed by atoms with Crippen LogP contribution in [-0.4, -0.2) is 133 Å². The summed E-state index contributed by atoms with van der Waals surface area (Å²) in [7, 11) is -9.80. The molecule has 44 heavy (non-hydrogen) atoms. The third-order valence-electron chi connectivity index (χ3n) is 8.00. The van der Waals surface area contributed by atoms with E-state index in [1.54, 1.807) is 0 Å². The van der Waals surface area contributed by atoms with Crippen molar-refractivity contribution in [2.45, 2.75) is 114 Å². The van der Waals surface area contributed by atoms with Gasteiger partial charge >= 0.3 is 26.4 Å². The van der Waals surface area contributed by atoms with E-state index >= 15 is 0 Å². The zero-order valence-corrected chi connectivity index (χ0v) is 33.8. The first-order valence-corrected chi connectivity index (χ1v) is 23.8. The average Bonchev–Trinajstić information content (AvgIpc) is 3.00. The molecule has 0 aliphatic heterocycles. The van der Waals surface area contributed by atoms with Crippen LogP contribution in [0.2, 0.25) is 18.1 Å². The highest BCUT2D eigenvalue weighted by molar-refractivity contribution is 6.81. The van der Waals surface area contributed by atoms with Gasteiger partial charge in [-0.1, -0.05) is 41.5 Å². The molecule has 0 saturated carbocycles. The van der Waals surface area contributed by atoms with Gasteiger partial charge in [0.2, 0.25) is 0 Å². The summed E-state index contributed by atoms with van der Waals surface area (Å²) >= 11 is 0. The maximum absolute atomic E-state index is 7.28. The number of hydrogen-bond donors (Lipinski definition) is 0. The number of rotatable bonds is 32. The van der Waals surface area contributed by atoms with Crippen LogP contribution in [0.3, 0.4) is 0 Å². The van der Waals surface area contributed by atoms with Gasteiger partial charge < -0.3 is 45.1 Å². The predicted molar refractivity (Wildman–Crippen MR) is 189 cm³/mol. The molecule has 0 aromatic heterocycles. The van der Waals surface area contributed by atoms with Crippen molar-refractivity contribution >= 4 is 26.4 Å². The van der Waals surface area contributed by atoms with Crippen molar-refractivity contribution in [3.8, 4) is 0 Å². The minimum Gasteiger partial charge on any atom is -0.375 e. The lowest BCUT2D eigenvalue weighted by Gasteiger charge is -2.42. The monoisotopic (exact) mass is 683 g/mol. The molecule has 0 unspecified atom stereocenters. The average molecular weight is 684 g/mol. The van der Waals surface area contributed by atoms with E-state index in [-0.39, 0.29) is 0 Å². The quantitative estimate of drug-likeness (QED) is 0.0764. The molecule has 0 aromatic carbocycles. The SMILES string of the molecule is CCO[Si](CCCN(CC)CC)(OCC)O[Si](CCCN(CC)CC)(OCC)O[Si](CCCN(CC)CC)(OCC)OCC. The van der Waals surface area contributed by atoms with E-state index in [4.69, 9.17) is 30.4 Å². The van der Waals surface area contributed by atoms with Crippen molar-refractivity contribution in [1.82, 2.24) is 14.7 Å². The molecule has 0 N–H and O–H groups in total. The highest BCUT2D eigenvalue weighted by Gasteiger charge is 2.58. The van der Waals surface area contributed by atoms with Crippen molar-refractivity contribution in [2.75, 3.05) is 91.9 Å². The van der Waals surface area contributed by atoms with E-state index in [2.05, 4.69) is 56.2 Å². The maximum Gasteiger partial charge on any atom is 0.493 e. The standard InChI is InChI=1S/C31H73N3O7Si3/c1-12-32(13-2)26-23-29-42(35-18-7,36-19-8)40-44(39-22-11,31-25-28-34(16-5)17-6)41-43(37-20-9,38-21-10)30-24-27-33(14-3)15-4/h12-31H2,1-11H3. The van der Waals surface area contributed by atoms with Crippen LogP contribution in [-0.2, 0) is 30.4 Å². The Kier molecular flexibility index (Phi) is 26.4. The Hall–Kier alpha value is 0.251. The molecule has 266 valence electrons. The molecule has 13 heteroatoms. The fraction of sp³-hybridized carbons (Fsp3) is 1.00. The molecule has 0 saturated heterocycles. The lowest BCUT2D eigenvalue weighted by atomic mass is 10.4. The summed E-state index contributed by atoms with van der Waals surface area (Å²) < 4.78 is 47.4. The van der Waals surface area contributed by atoms with Crippen molar-refractivity contribution in [2.24, 2.45) is 0 Å². The van der Waals surface area contributed by atoms with Crippen LogP contribution in [0.1, 0.15) is 95.4 Å². The fourth-order valence-corrected chi connectivity index (χ4v) is 17.8. The first kappa shape index (κ1) is 44.3. The van der Waals surface area contributed by atoms with E-state index in [0.717, 1.165) is 78.2 Å². The molecule has 10 nitrogen and oxygen atoms in total. The number of nitrogens with zero attached hydrogens (tertiary/aromatic N) is 3. The van der Waals surface area contributed by atoms with Crippen molar-refractivity contribution in [3.05, 3.63) is 0 Å². The first-order valence-electron chi connectivity index (χ1n) is 18.0. The van der Waals surface area contributed by atoms with Gasteiger partial charge in [0.05, 0.1) is 0 Å². The van der Waals surface area contributed by atoms with Crippen LogP contribution in [0.5, 0.6) is 0 Å². The highest BCUT2D eigenvalue weighted by atomic mass is 28.5. The van der Waals surface area contributed by atoms with Gasteiger partial charge in [-0.15, -0.1) is 0 Å². The summed E-state index contributed by atoms with van der Waals surface area (Å²) in [6.45, 7) is 34.8. The Morgan fingerprint density at radius 3 is 0.795 bits per heavy atom. The molecule has 0 aromatic rings. The van der Waals surface area contributed by atoms with Crippen LogP contribution in [0, 0.1) is 0 Å². The maximum atomic E-state index is 7.28. The molecular weight excluding hydrogens is 611 g/mol. The zero-order chi connectivity index (χ0) is 33.3. The van der Waals surface area contributed by atoms with Crippen LogP contribution in [0.25, 0.3) is 0 Å². The van der Waals surface area contributed by atoms with Gasteiger partial charge in [0, 0.05) is 51.2 Å². The van der Waals surface area contributed by atoms with Gasteiger partial charge in [0.15, 0.2) is 0 Å². The van der Waals surface area contributed by atoms with Crippen molar-refractivity contribution in [1.29, 1.82) is 0 Å². The Bertz CT molecular complexity index is 609. The van der Waals surface area contributed by atoms with E-state index < -0.39 is 26.4 Å². The first-order chi connectivity index (χ1) is 21.2. The molecule has 0 amide bonds. The third-order valence-corrected chi connectivity index (χ3v) is 19.5. The molecule has 0 radical (unpaired) electrons. The number of hydrogen-bond acceptors (Lipinski definition) is 10. The summed E-state index contributed by atoms with van der Waals surface area (Å²) in [4.78, 5) is 7.30. The summed E-state index contributed by atoms with van der Waals surface area (Å²) in [5.74, 6) is 0. The predicted octanol–water partition coefficient (Wildman–Crippen LogP) is 6.21. The van der Waals surface area contributed by atoms with Crippen LogP contribution in [0.4, 0.5) is 0 Å². The molecule has 0 aliphatic carbocycles. The van der Waals surface area contributed by atoms with Crippen LogP contribution in [0.15, 0.2) is 0 Å². The third kappa shape index (κ3) is 16.9. The second-order valence-electron chi connectivity index (χ2n) is 10.8. The van der Waals surface area contributed by atoms with E-state index in [1.807, 2.05) is 34.6 Å². The van der Waals surface area contributed by atoms with Gasteiger partial charge in [-0.3, -0.25) is 0 Å². The molecule has 0 heterocycles. The highest BCUT2D eigenvalue weighted by Crippen LogP contribution is 2.33. The molecule has 0 bridgehead atoms. The van der Waals surface area contributed by atoms with Gasteiger partial charge in [0.25, 0.3) is 0 Å².